The number of nitrogens with one attached hydrogen (secondary N) is 2. The van der Waals surface area contributed by atoms with Gasteiger partial charge in [-0.2, -0.15) is 5.10 Å². The summed E-state index contributed by atoms with van der Waals surface area (Å²) in [7, 11) is 0. The maximum absolute atomic E-state index is 12.7. The third-order valence-corrected chi connectivity index (χ3v) is 5.06. The molecule has 0 bridgehead atoms. The maximum Gasteiger partial charge on any atom is 0.245 e. The van der Waals surface area contributed by atoms with Crippen LogP contribution in [0.1, 0.15) is 50.8 Å². The summed E-state index contributed by atoms with van der Waals surface area (Å²) in [4.78, 5) is 26.0. The average Bonchev–Trinajstić information content (AvgIpc) is 3.05. The van der Waals surface area contributed by atoms with Gasteiger partial charge in [0, 0.05) is 20.0 Å². The predicted molar refractivity (Wildman–Crippen MR) is 88.2 cm³/mol. The molecule has 0 aliphatic carbocycles. The number of hydrogen-bond acceptors (Lipinski definition) is 4. The van der Waals surface area contributed by atoms with Gasteiger partial charge in [0.25, 0.3) is 0 Å². The van der Waals surface area contributed by atoms with Crippen molar-refractivity contribution in [2.75, 3.05) is 19.7 Å². The van der Waals surface area contributed by atoms with E-state index in [1.165, 1.54) is 12.5 Å². The van der Waals surface area contributed by atoms with Crippen LogP contribution in [0.2, 0.25) is 0 Å². The van der Waals surface area contributed by atoms with Gasteiger partial charge in [0.05, 0.1) is 18.5 Å². The average molecular weight is 334 g/mol. The molecule has 3 rings (SSSR count). The lowest BCUT2D eigenvalue weighted by atomic mass is 9.83. The predicted octanol–water partition coefficient (Wildman–Crippen LogP) is 1.10. The minimum absolute atomic E-state index is 0.0162. The molecule has 7 nitrogen and oxygen atoms in total. The highest BCUT2D eigenvalue weighted by atomic mass is 16.5. The number of likely N-dealkylation sites (tertiary alicyclic amines) is 1. The fourth-order valence-electron chi connectivity index (χ4n) is 3.82. The first kappa shape index (κ1) is 17.0. The molecule has 24 heavy (non-hydrogen) atoms. The van der Waals surface area contributed by atoms with Crippen molar-refractivity contribution < 1.29 is 14.3 Å². The lowest BCUT2D eigenvalue weighted by molar-refractivity contribution is -0.145. The molecule has 7 heteroatoms. The highest BCUT2D eigenvalue weighted by Crippen LogP contribution is 2.40. The van der Waals surface area contributed by atoms with Gasteiger partial charge in [-0.25, -0.2) is 0 Å². The third kappa shape index (κ3) is 3.17. The molecular formula is C17H26N4O3. The topological polar surface area (TPSA) is 87.3 Å². The summed E-state index contributed by atoms with van der Waals surface area (Å²) in [5, 5.41) is 10.0. The molecule has 1 aromatic rings. The van der Waals surface area contributed by atoms with E-state index in [0.717, 1.165) is 31.4 Å². The third-order valence-electron chi connectivity index (χ3n) is 5.06. The number of rotatable bonds is 4. The van der Waals surface area contributed by atoms with E-state index in [0.29, 0.717) is 26.1 Å². The molecule has 2 N–H and O–H groups in total. The standard InChI is InChI=1S/C17H26N4O3/c1-3-4-14(19-12(2)22)16(23)21-8-6-17(7-9-21)15-13(5-10-24-17)11-18-20-15/h11,14H,3-10H2,1-2H3,(H,18,20)(H,19,22). The van der Waals surface area contributed by atoms with Crippen LogP contribution < -0.4 is 5.32 Å². The van der Waals surface area contributed by atoms with Gasteiger partial charge in [-0.15, -0.1) is 0 Å². The molecule has 0 aromatic carbocycles. The highest BCUT2D eigenvalue weighted by molar-refractivity contribution is 5.86. The van der Waals surface area contributed by atoms with E-state index in [-0.39, 0.29) is 17.4 Å². The minimum atomic E-state index is -0.420. The molecule has 1 fully saturated rings. The Morgan fingerprint density at radius 3 is 2.88 bits per heavy atom. The number of aromatic nitrogens is 2. The van der Waals surface area contributed by atoms with E-state index in [1.807, 2.05) is 18.0 Å². The van der Waals surface area contributed by atoms with E-state index in [1.54, 1.807) is 0 Å². The summed E-state index contributed by atoms with van der Waals surface area (Å²) in [6, 6.07) is -0.420. The van der Waals surface area contributed by atoms with E-state index in [4.69, 9.17) is 4.74 Å². The Kier molecular flexibility index (Phi) is 4.89. The normalized spacial score (nSPS) is 20.5. The Hall–Kier alpha value is -1.89. The zero-order valence-electron chi connectivity index (χ0n) is 14.4. The summed E-state index contributed by atoms with van der Waals surface area (Å²) in [5.74, 6) is -0.143. The Morgan fingerprint density at radius 1 is 1.46 bits per heavy atom. The van der Waals surface area contributed by atoms with Crippen molar-refractivity contribution in [1.29, 1.82) is 0 Å². The van der Waals surface area contributed by atoms with Crippen LogP contribution in [0.3, 0.4) is 0 Å². The lowest BCUT2D eigenvalue weighted by Crippen LogP contribution is -2.53. The summed E-state index contributed by atoms with van der Waals surface area (Å²) in [6.45, 7) is 5.44. The van der Waals surface area contributed by atoms with Crippen molar-refractivity contribution in [2.45, 2.75) is 57.6 Å². The molecule has 1 aromatic heterocycles. The molecule has 2 aliphatic heterocycles. The van der Waals surface area contributed by atoms with Crippen molar-refractivity contribution in [3.8, 4) is 0 Å². The van der Waals surface area contributed by atoms with Gasteiger partial charge in [-0.1, -0.05) is 13.3 Å². The van der Waals surface area contributed by atoms with Crippen LogP contribution in [-0.2, 0) is 26.3 Å². The largest absolute Gasteiger partial charge is 0.368 e. The molecule has 1 unspecified atom stereocenters. The first-order valence-corrected chi connectivity index (χ1v) is 8.78. The molecule has 0 saturated carbocycles. The van der Waals surface area contributed by atoms with Gasteiger partial charge in [-0.05, 0) is 31.2 Å². The van der Waals surface area contributed by atoms with Gasteiger partial charge in [0.15, 0.2) is 0 Å². The van der Waals surface area contributed by atoms with Crippen LogP contribution in [0, 0.1) is 0 Å². The summed E-state index contributed by atoms with van der Waals surface area (Å²) < 4.78 is 6.11. The molecule has 1 spiro atoms. The van der Waals surface area contributed by atoms with E-state index in [9.17, 15) is 9.59 Å². The Bertz CT molecular complexity index is 605. The fraction of sp³-hybridized carbons (Fsp3) is 0.706. The first-order chi connectivity index (χ1) is 11.6. The number of aromatic amines is 1. The minimum Gasteiger partial charge on any atom is -0.368 e. The molecule has 2 amide bonds. The number of piperidine rings is 1. The number of ether oxygens (including phenoxy) is 1. The number of hydrogen-bond donors (Lipinski definition) is 2. The Balaban J connectivity index is 1.67. The lowest BCUT2D eigenvalue weighted by Gasteiger charge is -2.44. The second-order valence-corrected chi connectivity index (χ2v) is 6.73. The summed E-state index contributed by atoms with van der Waals surface area (Å²) >= 11 is 0. The first-order valence-electron chi connectivity index (χ1n) is 8.78. The summed E-state index contributed by atoms with van der Waals surface area (Å²) in [6.07, 6.45) is 5.80. The van der Waals surface area contributed by atoms with E-state index >= 15 is 0 Å². The van der Waals surface area contributed by atoms with Crippen molar-refractivity contribution in [3.63, 3.8) is 0 Å². The zero-order chi connectivity index (χ0) is 17.2. The highest BCUT2D eigenvalue weighted by Gasteiger charge is 2.43. The van der Waals surface area contributed by atoms with Crippen molar-refractivity contribution >= 4 is 11.8 Å². The number of nitrogens with zero attached hydrogens (tertiary/aromatic N) is 2. The van der Waals surface area contributed by atoms with Crippen LogP contribution in [0.25, 0.3) is 0 Å². The number of carbonyl (C=O) groups is 2. The van der Waals surface area contributed by atoms with Gasteiger partial charge in [0.2, 0.25) is 11.8 Å². The Morgan fingerprint density at radius 2 is 2.21 bits per heavy atom. The maximum atomic E-state index is 12.7. The zero-order valence-corrected chi connectivity index (χ0v) is 14.4. The van der Waals surface area contributed by atoms with Gasteiger partial charge in [0.1, 0.15) is 11.6 Å². The quantitative estimate of drug-likeness (QED) is 0.863. The monoisotopic (exact) mass is 334 g/mol. The van der Waals surface area contributed by atoms with E-state index < -0.39 is 6.04 Å². The molecule has 132 valence electrons. The Labute approximate surface area is 142 Å². The van der Waals surface area contributed by atoms with Gasteiger partial charge >= 0.3 is 0 Å². The van der Waals surface area contributed by atoms with Gasteiger partial charge < -0.3 is 15.0 Å². The molecule has 2 aliphatic rings. The smallest absolute Gasteiger partial charge is 0.245 e. The van der Waals surface area contributed by atoms with Gasteiger partial charge in [-0.3, -0.25) is 14.7 Å². The van der Waals surface area contributed by atoms with Crippen LogP contribution in [-0.4, -0.2) is 52.6 Å². The molecule has 1 saturated heterocycles. The fourth-order valence-corrected chi connectivity index (χ4v) is 3.82. The molecule has 1 atom stereocenters. The van der Waals surface area contributed by atoms with Crippen molar-refractivity contribution in [1.82, 2.24) is 20.4 Å². The summed E-state index contributed by atoms with van der Waals surface area (Å²) in [5.41, 5.74) is 1.96. The number of amides is 2. The van der Waals surface area contributed by atoms with Crippen LogP contribution in [0.15, 0.2) is 6.20 Å². The van der Waals surface area contributed by atoms with Crippen LogP contribution >= 0.6 is 0 Å². The second kappa shape index (κ2) is 6.93. The van der Waals surface area contributed by atoms with Crippen molar-refractivity contribution in [2.24, 2.45) is 0 Å². The van der Waals surface area contributed by atoms with E-state index in [2.05, 4.69) is 15.5 Å². The molecular weight excluding hydrogens is 308 g/mol. The second-order valence-electron chi connectivity index (χ2n) is 6.73. The number of carbonyl (C=O) groups excluding carboxylic acids is 2. The number of fused-ring (bicyclic) bond motifs is 2. The SMILES string of the molecule is CCCC(NC(C)=O)C(=O)N1CCC2(CC1)OCCc1cn[nH]c12. The number of H-pyrrole nitrogens is 1. The van der Waals surface area contributed by atoms with Crippen molar-refractivity contribution in [3.05, 3.63) is 17.5 Å². The molecule has 3 heterocycles. The van der Waals surface area contributed by atoms with Crippen LogP contribution in [0.5, 0.6) is 0 Å². The van der Waals surface area contributed by atoms with Crippen LogP contribution in [0.4, 0.5) is 0 Å². The molecule has 0 radical (unpaired) electrons.